The molecule has 8 heteroatoms. The van der Waals surface area contributed by atoms with Crippen molar-refractivity contribution in [2.45, 2.75) is 69.4 Å². The van der Waals surface area contributed by atoms with Crippen LogP contribution in [0.3, 0.4) is 0 Å². The molecule has 0 radical (unpaired) electrons. The van der Waals surface area contributed by atoms with E-state index in [2.05, 4.69) is 22.5 Å². The number of sulfonamides is 1. The van der Waals surface area contributed by atoms with Crippen LogP contribution in [-0.4, -0.2) is 44.9 Å². The van der Waals surface area contributed by atoms with Crippen molar-refractivity contribution >= 4 is 40.0 Å². The van der Waals surface area contributed by atoms with Crippen LogP contribution >= 0.6 is 24.0 Å². The Kier molecular flexibility index (Phi) is 9.68. The highest BCUT2D eigenvalue weighted by molar-refractivity contribution is 14.0. The molecule has 1 heterocycles. The molecule has 1 saturated carbocycles. The van der Waals surface area contributed by atoms with E-state index < -0.39 is 10.0 Å². The maximum atomic E-state index is 12.9. The highest BCUT2D eigenvalue weighted by atomic mass is 127. The normalized spacial score (nSPS) is 23.9. The summed E-state index contributed by atoms with van der Waals surface area (Å²) in [5.74, 6) is 1.60. The third-order valence-corrected chi connectivity index (χ3v) is 7.79. The van der Waals surface area contributed by atoms with Gasteiger partial charge in [-0.3, -0.25) is 4.99 Å². The van der Waals surface area contributed by atoms with Crippen LogP contribution in [0, 0.1) is 5.92 Å². The lowest BCUT2D eigenvalue weighted by Gasteiger charge is -2.28. The van der Waals surface area contributed by atoms with Gasteiger partial charge in [0.25, 0.3) is 0 Å². The third kappa shape index (κ3) is 6.82. The Morgan fingerprint density at radius 3 is 2.48 bits per heavy atom. The van der Waals surface area contributed by atoms with Gasteiger partial charge in [0.15, 0.2) is 5.96 Å². The van der Waals surface area contributed by atoms with Crippen LogP contribution in [0.25, 0.3) is 0 Å². The summed E-state index contributed by atoms with van der Waals surface area (Å²) in [5.41, 5.74) is 0.943. The first-order valence-electron chi connectivity index (χ1n) is 10.6. The van der Waals surface area contributed by atoms with Gasteiger partial charge in [0.05, 0.1) is 4.90 Å². The number of aliphatic imine (C=N–C) groups is 1. The molecule has 0 bridgehead atoms. The second-order valence-corrected chi connectivity index (χ2v) is 10.1. The van der Waals surface area contributed by atoms with Crippen LogP contribution in [0.2, 0.25) is 0 Å². The molecular weight excluding hydrogens is 499 g/mol. The first-order valence-corrected chi connectivity index (χ1v) is 12.0. The number of nitrogens with one attached hydrogen (secondary N) is 2. The van der Waals surface area contributed by atoms with E-state index in [0.29, 0.717) is 30.6 Å². The second kappa shape index (κ2) is 11.5. The number of benzene rings is 1. The topological polar surface area (TPSA) is 73.8 Å². The zero-order valence-corrected chi connectivity index (χ0v) is 20.7. The quantitative estimate of drug-likeness (QED) is 0.343. The van der Waals surface area contributed by atoms with Crippen molar-refractivity contribution in [3.63, 3.8) is 0 Å². The van der Waals surface area contributed by atoms with Gasteiger partial charge < -0.3 is 10.6 Å². The summed E-state index contributed by atoms with van der Waals surface area (Å²) in [7, 11) is -1.62. The Hall–Kier alpha value is -0.870. The van der Waals surface area contributed by atoms with Crippen LogP contribution in [0.1, 0.15) is 57.4 Å². The highest BCUT2D eigenvalue weighted by Crippen LogP contribution is 2.23. The van der Waals surface area contributed by atoms with E-state index in [4.69, 9.17) is 0 Å². The third-order valence-electron chi connectivity index (χ3n) is 5.89. The predicted octanol–water partition coefficient (Wildman–Crippen LogP) is 3.72. The van der Waals surface area contributed by atoms with Crippen molar-refractivity contribution < 1.29 is 8.42 Å². The van der Waals surface area contributed by atoms with Crippen molar-refractivity contribution in [3.8, 4) is 0 Å². The first kappa shape index (κ1) is 24.4. The van der Waals surface area contributed by atoms with Gasteiger partial charge in [-0.25, -0.2) is 8.42 Å². The summed E-state index contributed by atoms with van der Waals surface area (Å²) in [6, 6.07) is 7.73. The molecule has 0 spiro atoms. The monoisotopic (exact) mass is 534 g/mol. The fraction of sp³-hybridized carbons (Fsp3) is 0.667. The summed E-state index contributed by atoms with van der Waals surface area (Å²) in [6.45, 7) is 4.11. The maximum absolute atomic E-state index is 12.9. The lowest BCUT2D eigenvalue weighted by Crippen LogP contribution is -2.44. The maximum Gasteiger partial charge on any atom is 0.243 e. The molecule has 1 aliphatic carbocycles. The zero-order chi connectivity index (χ0) is 20.0. The second-order valence-electron chi connectivity index (χ2n) is 8.14. The summed E-state index contributed by atoms with van der Waals surface area (Å²) < 4.78 is 27.4. The Bertz CT molecular complexity index is 771. The number of guanidine groups is 1. The number of rotatable bonds is 5. The molecule has 0 unspecified atom stereocenters. The molecular formula is C21H35IN4O2S. The van der Waals surface area contributed by atoms with Gasteiger partial charge in [0.1, 0.15) is 0 Å². The standard InChI is InChI=1S/C21H34N4O2S.HI/c1-17-9-11-19(12-10-17)24-21(22-2)23-16-18-7-6-8-20(15-18)28(26,27)25-13-4-3-5-14-25;/h6-8,15,17,19H,3-5,9-14,16H2,1-2H3,(H2,22,23,24);1H. The minimum atomic E-state index is -3.40. The van der Waals surface area contributed by atoms with E-state index in [-0.39, 0.29) is 24.0 Å². The van der Waals surface area contributed by atoms with Crippen LogP contribution < -0.4 is 10.6 Å². The molecule has 2 N–H and O–H groups in total. The van der Waals surface area contributed by atoms with Crippen molar-refractivity contribution in [1.82, 2.24) is 14.9 Å². The molecule has 1 aliphatic heterocycles. The summed E-state index contributed by atoms with van der Waals surface area (Å²) >= 11 is 0. The molecule has 3 rings (SSSR count). The molecule has 2 fully saturated rings. The molecule has 164 valence electrons. The molecule has 1 saturated heterocycles. The van der Waals surface area contributed by atoms with Crippen molar-refractivity contribution in [2.24, 2.45) is 10.9 Å². The average Bonchev–Trinajstić information content (AvgIpc) is 2.73. The Morgan fingerprint density at radius 1 is 1.14 bits per heavy atom. The van der Waals surface area contributed by atoms with Crippen molar-refractivity contribution in [3.05, 3.63) is 29.8 Å². The molecule has 6 nitrogen and oxygen atoms in total. The summed E-state index contributed by atoms with van der Waals surface area (Å²) in [5, 5.41) is 6.84. The molecule has 0 amide bonds. The number of hydrogen-bond acceptors (Lipinski definition) is 3. The molecule has 0 aromatic heterocycles. The molecule has 1 aromatic carbocycles. The van der Waals surface area contributed by atoms with Gasteiger partial charge >= 0.3 is 0 Å². The van der Waals surface area contributed by atoms with E-state index in [1.807, 2.05) is 12.1 Å². The van der Waals surface area contributed by atoms with Crippen molar-refractivity contribution in [2.75, 3.05) is 20.1 Å². The Balaban J connectivity index is 0.00000300. The van der Waals surface area contributed by atoms with Gasteiger partial charge in [0.2, 0.25) is 10.0 Å². The molecule has 1 aromatic rings. The van der Waals surface area contributed by atoms with E-state index >= 15 is 0 Å². The van der Waals surface area contributed by atoms with Gasteiger partial charge in [-0.05, 0) is 62.1 Å². The largest absolute Gasteiger partial charge is 0.354 e. The lowest BCUT2D eigenvalue weighted by atomic mass is 9.87. The first-order chi connectivity index (χ1) is 13.5. The highest BCUT2D eigenvalue weighted by Gasteiger charge is 2.26. The number of hydrogen-bond donors (Lipinski definition) is 2. The average molecular weight is 535 g/mol. The molecule has 29 heavy (non-hydrogen) atoms. The Morgan fingerprint density at radius 2 is 1.83 bits per heavy atom. The van der Waals surface area contributed by atoms with Gasteiger partial charge in [0, 0.05) is 32.7 Å². The lowest BCUT2D eigenvalue weighted by molar-refractivity contribution is 0.329. The summed E-state index contributed by atoms with van der Waals surface area (Å²) in [6.07, 6.45) is 7.86. The van der Waals surface area contributed by atoms with Gasteiger partial charge in [-0.15, -0.1) is 24.0 Å². The van der Waals surface area contributed by atoms with Crippen LogP contribution in [-0.2, 0) is 16.6 Å². The van der Waals surface area contributed by atoms with E-state index in [1.165, 1.54) is 25.7 Å². The van der Waals surface area contributed by atoms with Gasteiger partial charge in [-0.2, -0.15) is 4.31 Å². The van der Waals surface area contributed by atoms with E-state index in [9.17, 15) is 8.42 Å². The minimum Gasteiger partial charge on any atom is -0.354 e. The summed E-state index contributed by atoms with van der Waals surface area (Å²) in [4.78, 5) is 4.72. The van der Waals surface area contributed by atoms with E-state index in [1.54, 1.807) is 23.5 Å². The van der Waals surface area contributed by atoms with Crippen molar-refractivity contribution in [1.29, 1.82) is 0 Å². The molecule has 2 aliphatic rings. The fourth-order valence-electron chi connectivity index (χ4n) is 4.05. The minimum absolute atomic E-state index is 0. The SMILES string of the molecule is CN=C(NCc1cccc(S(=O)(=O)N2CCCCC2)c1)NC1CCC(C)CC1.I. The van der Waals surface area contributed by atoms with Crippen LogP contribution in [0.5, 0.6) is 0 Å². The van der Waals surface area contributed by atoms with Gasteiger partial charge in [-0.1, -0.05) is 25.5 Å². The predicted molar refractivity (Wildman–Crippen MR) is 129 cm³/mol. The number of nitrogens with zero attached hydrogens (tertiary/aromatic N) is 2. The molecule has 0 atom stereocenters. The fourth-order valence-corrected chi connectivity index (χ4v) is 5.64. The van der Waals surface area contributed by atoms with Crippen LogP contribution in [0.15, 0.2) is 34.2 Å². The zero-order valence-electron chi connectivity index (χ0n) is 17.6. The smallest absolute Gasteiger partial charge is 0.243 e. The number of piperidine rings is 1. The van der Waals surface area contributed by atoms with Crippen LogP contribution in [0.4, 0.5) is 0 Å². The van der Waals surface area contributed by atoms with E-state index in [0.717, 1.165) is 36.7 Å². The number of halogens is 1. The Labute approximate surface area is 193 Å².